The smallest absolute Gasteiger partial charge is 0.331 e. The zero-order chi connectivity index (χ0) is 20.9. The van der Waals surface area contributed by atoms with E-state index in [-0.39, 0.29) is 4.90 Å². The molecule has 8 heteroatoms. The van der Waals surface area contributed by atoms with Crippen LogP contribution in [0.4, 0.5) is 0 Å². The lowest BCUT2D eigenvalue weighted by Crippen LogP contribution is -2.24. The van der Waals surface area contributed by atoms with Crippen molar-refractivity contribution in [2.75, 3.05) is 6.54 Å². The lowest BCUT2D eigenvalue weighted by molar-refractivity contribution is -0.142. The molecule has 0 aliphatic rings. The highest BCUT2D eigenvalue weighted by Crippen LogP contribution is 2.28. The predicted molar refractivity (Wildman–Crippen MR) is 115 cm³/mol. The minimum absolute atomic E-state index is 0.190. The fourth-order valence-corrected chi connectivity index (χ4v) is 4.65. The van der Waals surface area contributed by atoms with Gasteiger partial charge in [-0.1, -0.05) is 31.2 Å². The summed E-state index contributed by atoms with van der Waals surface area (Å²) >= 11 is 1.50. The molecule has 0 spiro atoms. The van der Waals surface area contributed by atoms with Gasteiger partial charge in [-0.05, 0) is 49.2 Å². The Morgan fingerprint density at radius 1 is 1.21 bits per heavy atom. The quantitative estimate of drug-likeness (QED) is 0.425. The summed E-state index contributed by atoms with van der Waals surface area (Å²) in [5, 5.41) is 0.738. The van der Waals surface area contributed by atoms with E-state index in [1.807, 2.05) is 31.2 Å². The fraction of sp³-hybridized carbons (Fsp3) is 0.238. The maximum atomic E-state index is 12.1. The summed E-state index contributed by atoms with van der Waals surface area (Å²) in [6, 6.07) is 14.1. The number of esters is 1. The van der Waals surface area contributed by atoms with Crippen molar-refractivity contribution in [3.05, 3.63) is 65.2 Å². The topological polar surface area (TPSA) is 85.4 Å². The highest BCUT2D eigenvalue weighted by Gasteiger charge is 2.15. The zero-order valence-electron chi connectivity index (χ0n) is 16.2. The standard InChI is InChI=1S/C21H22N2O4S2/c1-3-14-22-29(25,26)17-11-8-16(9-12-17)10-13-20(24)27-15(2)21-23-18-6-4-5-7-19(18)28-21/h4-13,15,22H,3,14H2,1-2H3/b13-10+. The van der Waals surface area contributed by atoms with Gasteiger partial charge in [0.25, 0.3) is 0 Å². The van der Waals surface area contributed by atoms with Crippen LogP contribution in [0.25, 0.3) is 16.3 Å². The van der Waals surface area contributed by atoms with E-state index in [9.17, 15) is 13.2 Å². The number of para-hydroxylation sites is 1. The number of fused-ring (bicyclic) bond motifs is 1. The van der Waals surface area contributed by atoms with E-state index >= 15 is 0 Å². The molecular formula is C21H22N2O4S2. The molecule has 1 aromatic heterocycles. The van der Waals surface area contributed by atoms with Gasteiger partial charge in [0, 0.05) is 12.6 Å². The summed E-state index contributed by atoms with van der Waals surface area (Å²) in [7, 11) is -3.50. The number of hydrogen-bond donors (Lipinski definition) is 1. The number of thiazole rings is 1. The number of nitrogens with zero attached hydrogens (tertiary/aromatic N) is 1. The summed E-state index contributed by atoms with van der Waals surface area (Å²) in [6.45, 7) is 4.07. The fourth-order valence-electron chi connectivity index (χ4n) is 2.57. The summed E-state index contributed by atoms with van der Waals surface area (Å²) in [6.07, 6.45) is 3.17. The number of hydrogen-bond acceptors (Lipinski definition) is 6. The van der Waals surface area contributed by atoms with Crippen LogP contribution in [0.1, 0.15) is 36.9 Å². The number of aromatic nitrogens is 1. The molecule has 0 fully saturated rings. The number of sulfonamides is 1. The summed E-state index contributed by atoms with van der Waals surface area (Å²) < 4.78 is 33.2. The average molecular weight is 431 g/mol. The molecule has 0 saturated heterocycles. The third kappa shape index (κ3) is 5.50. The van der Waals surface area contributed by atoms with Crippen molar-refractivity contribution in [3.63, 3.8) is 0 Å². The van der Waals surface area contributed by atoms with Crippen LogP contribution in [-0.4, -0.2) is 25.9 Å². The molecule has 3 rings (SSSR count). The molecule has 3 aromatic rings. The summed E-state index contributed by atoms with van der Waals surface area (Å²) in [4.78, 5) is 16.8. The second-order valence-electron chi connectivity index (χ2n) is 6.40. The summed E-state index contributed by atoms with van der Waals surface area (Å²) in [5.41, 5.74) is 1.58. The zero-order valence-corrected chi connectivity index (χ0v) is 17.8. The first-order chi connectivity index (χ1) is 13.9. The largest absolute Gasteiger partial charge is 0.452 e. The molecule has 0 bridgehead atoms. The number of ether oxygens (including phenoxy) is 1. The van der Waals surface area contributed by atoms with Crippen molar-refractivity contribution >= 4 is 43.6 Å². The molecule has 0 amide bonds. The van der Waals surface area contributed by atoms with Crippen molar-refractivity contribution in [1.29, 1.82) is 0 Å². The highest BCUT2D eigenvalue weighted by molar-refractivity contribution is 7.89. The van der Waals surface area contributed by atoms with Crippen LogP contribution in [0.3, 0.4) is 0 Å². The molecule has 0 aliphatic carbocycles. The Morgan fingerprint density at radius 3 is 2.62 bits per heavy atom. The monoisotopic (exact) mass is 430 g/mol. The minimum atomic E-state index is -3.50. The lowest BCUT2D eigenvalue weighted by atomic mass is 10.2. The number of benzene rings is 2. The third-order valence-electron chi connectivity index (χ3n) is 4.10. The maximum absolute atomic E-state index is 12.1. The molecule has 2 aromatic carbocycles. The van der Waals surface area contributed by atoms with Crippen LogP contribution < -0.4 is 4.72 Å². The lowest BCUT2D eigenvalue weighted by Gasteiger charge is -2.08. The molecule has 0 saturated carbocycles. The van der Waals surface area contributed by atoms with Crippen LogP contribution >= 0.6 is 11.3 Å². The number of nitrogens with one attached hydrogen (secondary N) is 1. The molecule has 1 unspecified atom stereocenters. The van der Waals surface area contributed by atoms with Gasteiger partial charge < -0.3 is 4.74 Å². The Bertz CT molecular complexity index is 1090. The normalized spacial score (nSPS) is 13.0. The van der Waals surface area contributed by atoms with Gasteiger partial charge in [-0.3, -0.25) is 0 Å². The predicted octanol–water partition coefficient (Wildman–Crippen LogP) is 4.30. The number of rotatable bonds is 8. The first kappa shape index (κ1) is 21.2. The molecule has 29 heavy (non-hydrogen) atoms. The van der Waals surface area contributed by atoms with Crippen molar-refractivity contribution < 1.29 is 17.9 Å². The van der Waals surface area contributed by atoms with Gasteiger partial charge in [0.1, 0.15) is 5.01 Å². The van der Waals surface area contributed by atoms with Gasteiger partial charge in [-0.25, -0.2) is 22.9 Å². The molecule has 1 heterocycles. The first-order valence-electron chi connectivity index (χ1n) is 9.23. The van der Waals surface area contributed by atoms with E-state index in [4.69, 9.17) is 4.74 Å². The van der Waals surface area contributed by atoms with Gasteiger partial charge in [0.2, 0.25) is 10.0 Å². The van der Waals surface area contributed by atoms with Gasteiger partial charge >= 0.3 is 5.97 Å². The van der Waals surface area contributed by atoms with Gasteiger partial charge in [-0.15, -0.1) is 11.3 Å². The van der Waals surface area contributed by atoms with E-state index in [1.165, 1.54) is 29.5 Å². The van der Waals surface area contributed by atoms with Gasteiger partial charge in [0.05, 0.1) is 15.1 Å². The molecule has 0 aliphatic heterocycles. The van der Waals surface area contributed by atoms with Crippen molar-refractivity contribution in [3.8, 4) is 0 Å². The van der Waals surface area contributed by atoms with Crippen molar-refractivity contribution in [2.24, 2.45) is 0 Å². The molecule has 0 radical (unpaired) electrons. The van der Waals surface area contributed by atoms with Crippen LogP contribution in [0.2, 0.25) is 0 Å². The highest BCUT2D eigenvalue weighted by atomic mass is 32.2. The number of carbonyl (C=O) groups is 1. The number of carbonyl (C=O) groups excluding carboxylic acids is 1. The molecule has 152 valence electrons. The Balaban J connectivity index is 1.61. The SMILES string of the molecule is CCCNS(=O)(=O)c1ccc(/C=C/C(=O)OC(C)c2nc3ccccc3s2)cc1. The molecule has 1 atom stereocenters. The van der Waals surface area contributed by atoms with E-state index in [2.05, 4.69) is 9.71 Å². The van der Waals surface area contributed by atoms with E-state index in [0.29, 0.717) is 12.1 Å². The Labute approximate surface area is 174 Å². The molecule has 6 nitrogen and oxygen atoms in total. The average Bonchev–Trinajstić information content (AvgIpc) is 3.15. The second kappa shape index (κ2) is 9.30. The first-order valence-corrected chi connectivity index (χ1v) is 11.5. The van der Waals surface area contributed by atoms with E-state index < -0.39 is 22.1 Å². The van der Waals surface area contributed by atoms with E-state index in [1.54, 1.807) is 25.1 Å². The second-order valence-corrected chi connectivity index (χ2v) is 9.23. The minimum Gasteiger partial charge on any atom is -0.452 e. The molecular weight excluding hydrogens is 408 g/mol. The van der Waals surface area contributed by atoms with Crippen LogP contribution in [-0.2, 0) is 19.6 Å². The maximum Gasteiger partial charge on any atom is 0.331 e. The third-order valence-corrected chi connectivity index (χ3v) is 6.77. The van der Waals surface area contributed by atoms with Crippen molar-refractivity contribution in [2.45, 2.75) is 31.3 Å². The van der Waals surface area contributed by atoms with Crippen molar-refractivity contribution in [1.82, 2.24) is 9.71 Å². The van der Waals surface area contributed by atoms with E-state index in [0.717, 1.165) is 21.6 Å². The van der Waals surface area contributed by atoms with Gasteiger partial charge in [-0.2, -0.15) is 0 Å². The Kier molecular flexibility index (Phi) is 6.79. The van der Waals surface area contributed by atoms with Crippen LogP contribution in [0, 0.1) is 0 Å². The summed E-state index contributed by atoms with van der Waals surface area (Å²) in [5.74, 6) is -0.488. The Hall–Kier alpha value is -2.55. The Morgan fingerprint density at radius 2 is 1.93 bits per heavy atom. The van der Waals surface area contributed by atoms with Gasteiger partial charge in [0.15, 0.2) is 6.10 Å². The van der Waals surface area contributed by atoms with Crippen LogP contribution in [0.15, 0.2) is 59.5 Å². The molecule has 1 N–H and O–H groups in total. The van der Waals surface area contributed by atoms with Crippen LogP contribution in [0.5, 0.6) is 0 Å².